The number of rotatable bonds is 1. The highest BCUT2D eigenvalue weighted by Gasteiger charge is 2.48. The predicted molar refractivity (Wildman–Crippen MR) is 58.4 cm³/mol. The number of nitrogens with zero attached hydrogens (tertiary/aromatic N) is 1. The van der Waals surface area contributed by atoms with E-state index in [4.69, 9.17) is 0 Å². The van der Waals surface area contributed by atoms with Crippen molar-refractivity contribution in [2.45, 2.75) is 32.2 Å². The van der Waals surface area contributed by atoms with Gasteiger partial charge in [-0.05, 0) is 38.0 Å². The van der Waals surface area contributed by atoms with Crippen LogP contribution in [-0.2, 0) is 4.79 Å². The molecule has 0 radical (unpaired) electrons. The summed E-state index contributed by atoms with van der Waals surface area (Å²) in [7, 11) is 0. The first kappa shape index (κ1) is 9.64. The summed E-state index contributed by atoms with van der Waals surface area (Å²) in [6, 6.07) is 0.471. The van der Waals surface area contributed by atoms with Gasteiger partial charge in [-0.15, -0.1) is 0 Å². The third kappa shape index (κ3) is 1.78. The quantitative estimate of drug-likeness (QED) is 0.693. The van der Waals surface area contributed by atoms with Gasteiger partial charge in [-0.25, -0.2) is 0 Å². The molecule has 15 heavy (non-hydrogen) atoms. The minimum absolute atomic E-state index is 0.374. The maximum atomic E-state index is 12.2. The van der Waals surface area contributed by atoms with Crippen molar-refractivity contribution >= 4 is 5.91 Å². The van der Waals surface area contributed by atoms with Gasteiger partial charge in [0.2, 0.25) is 5.91 Å². The van der Waals surface area contributed by atoms with Crippen molar-refractivity contribution < 1.29 is 4.79 Å². The number of fused-ring (bicyclic) bond motifs is 1. The second-order valence-corrected chi connectivity index (χ2v) is 5.56. The number of piperazine rings is 1. The molecule has 84 valence electrons. The van der Waals surface area contributed by atoms with E-state index in [1.165, 1.54) is 19.3 Å². The molecular weight excluding hydrogens is 188 g/mol. The molecule has 3 unspecified atom stereocenters. The number of nitrogens with one attached hydrogen (secondary N) is 1. The monoisotopic (exact) mass is 208 g/mol. The summed E-state index contributed by atoms with van der Waals surface area (Å²) < 4.78 is 0. The van der Waals surface area contributed by atoms with Crippen molar-refractivity contribution in [1.29, 1.82) is 0 Å². The normalized spacial score (nSPS) is 43.9. The summed E-state index contributed by atoms with van der Waals surface area (Å²) in [5, 5.41) is 3.38. The molecule has 1 aliphatic heterocycles. The van der Waals surface area contributed by atoms with Gasteiger partial charge in [-0.3, -0.25) is 4.79 Å². The molecular formula is C12H20N2O. The van der Waals surface area contributed by atoms with E-state index in [2.05, 4.69) is 17.1 Å². The lowest BCUT2D eigenvalue weighted by Crippen LogP contribution is -2.52. The zero-order valence-corrected chi connectivity index (χ0v) is 9.41. The van der Waals surface area contributed by atoms with E-state index >= 15 is 0 Å². The van der Waals surface area contributed by atoms with Crippen LogP contribution in [0.25, 0.3) is 0 Å². The molecule has 0 aromatic rings. The third-order valence-electron chi connectivity index (χ3n) is 4.27. The predicted octanol–water partition coefficient (Wildman–Crippen LogP) is 0.853. The summed E-state index contributed by atoms with van der Waals surface area (Å²) in [6.07, 6.45) is 3.77. The van der Waals surface area contributed by atoms with Crippen LogP contribution in [0.2, 0.25) is 0 Å². The molecule has 1 heterocycles. The van der Waals surface area contributed by atoms with Crippen LogP contribution in [0.1, 0.15) is 26.2 Å². The van der Waals surface area contributed by atoms with Crippen molar-refractivity contribution in [2.75, 3.05) is 19.6 Å². The van der Waals surface area contributed by atoms with E-state index in [0.29, 0.717) is 17.9 Å². The van der Waals surface area contributed by atoms with Gasteiger partial charge in [-0.1, -0.05) is 0 Å². The van der Waals surface area contributed by atoms with Crippen LogP contribution < -0.4 is 5.32 Å². The van der Waals surface area contributed by atoms with Gasteiger partial charge >= 0.3 is 0 Å². The lowest BCUT2D eigenvalue weighted by Gasteiger charge is -2.33. The highest BCUT2D eigenvalue weighted by atomic mass is 16.2. The highest BCUT2D eigenvalue weighted by Crippen LogP contribution is 2.54. The average molecular weight is 208 g/mol. The third-order valence-corrected chi connectivity index (χ3v) is 4.27. The summed E-state index contributed by atoms with van der Waals surface area (Å²) in [4.78, 5) is 14.3. The summed E-state index contributed by atoms with van der Waals surface area (Å²) in [5.41, 5.74) is 0. The van der Waals surface area contributed by atoms with E-state index in [-0.39, 0.29) is 0 Å². The Morgan fingerprint density at radius 2 is 2.00 bits per heavy atom. The molecule has 1 N–H and O–H groups in total. The van der Waals surface area contributed by atoms with Gasteiger partial charge in [0.25, 0.3) is 0 Å². The number of carbonyl (C=O) groups is 1. The van der Waals surface area contributed by atoms with Crippen molar-refractivity contribution in [2.24, 2.45) is 17.8 Å². The molecule has 0 aromatic heterocycles. The Bertz CT molecular complexity index is 269. The van der Waals surface area contributed by atoms with Crippen molar-refractivity contribution in [3.05, 3.63) is 0 Å². The van der Waals surface area contributed by atoms with E-state index in [9.17, 15) is 4.79 Å². The van der Waals surface area contributed by atoms with Crippen LogP contribution in [0, 0.1) is 17.8 Å². The average Bonchev–Trinajstić information content (AvgIpc) is 2.85. The summed E-state index contributed by atoms with van der Waals surface area (Å²) in [6.45, 7) is 4.94. The maximum Gasteiger partial charge on any atom is 0.225 e. The van der Waals surface area contributed by atoms with Gasteiger partial charge in [0.1, 0.15) is 0 Å². The van der Waals surface area contributed by atoms with Crippen LogP contribution in [0.5, 0.6) is 0 Å². The van der Waals surface area contributed by atoms with Gasteiger partial charge in [0.15, 0.2) is 0 Å². The molecule has 3 atom stereocenters. The largest absolute Gasteiger partial charge is 0.340 e. The molecule has 0 aromatic carbocycles. The van der Waals surface area contributed by atoms with Crippen LogP contribution in [-0.4, -0.2) is 36.5 Å². The molecule has 3 heteroatoms. The summed E-state index contributed by atoms with van der Waals surface area (Å²) in [5.74, 6) is 2.65. The minimum atomic E-state index is 0.374. The number of amides is 1. The highest BCUT2D eigenvalue weighted by molar-refractivity contribution is 5.79. The first-order valence-electron chi connectivity index (χ1n) is 6.26. The van der Waals surface area contributed by atoms with E-state index in [1.54, 1.807) is 0 Å². The van der Waals surface area contributed by atoms with Gasteiger partial charge in [0.05, 0.1) is 0 Å². The van der Waals surface area contributed by atoms with Gasteiger partial charge in [0, 0.05) is 31.6 Å². The van der Waals surface area contributed by atoms with Crippen LogP contribution in [0.15, 0.2) is 0 Å². The van der Waals surface area contributed by atoms with Crippen LogP contribution in [0.3, 0.4) is 0 Å². The van der Waals surface area contributed by atoms with E-state index in [0.717, 1.165) is 31.5 Å². The van der Waals surface area contributed by atoms with Crippen LogP contribution in [0.4, 0.5) is 0 Å². The Morgan fingerprint density at radius 1 is 1.27 bits per heavy atom. The fraction of sp³-hybridized carbons (Fsp3) is 0.917. The maximum absolute atomic E-state index is 12.2. The molecule has 3 aliphatic rings. The molecule has 3 rings (SSSR count). The minimum Gasteiger partial charge on any atom is -0.340 e. The molecule has 1 saturated heterocycles. The first-order chi connectivity index (χ1) is 7.24. The number of hydrogen-bond donors (Lipinski definition) is 1. The Morgan fingerprint density at radius 3 is 2.67 bits per heavy atom. The topological polar surface area (TPSA) is 32.3 Å². The molecule has 3 nitrogen and oxygen atoms in total. The van der Waals surface area contributed by atoms with Crippen molar-refractivity contribution in [3.63, 3.8) is 0 Å². The Balaban J connectivity index is 1.59. The zero-order valence-electron chi connectivity index (χ0n) is 9.41. The Labute approximate surface area is 91.2 Å². The van der Waals surface area contributed by atoms with E-state index in [1.807, 2.05) is 0 Å². The molecule has 0 spiro atoms. The molecule has 0 bridgehead atoms. The van der Waals surface area contributed by atoms with E-state index < -0.39 is 0 Å². The molecule has 2 saturated carbocycles. The smallest absolute Gasteiger partial charge is 0.225 e. The fourth-order valence-electron chi connectivity index (χ4n) is 3.31. The van der Waals surface area contributed by atoms with Crippen molar-refractivity contribution in [3.8, 4) is 0 Å². The number of carbonyl (C=O) groups excluding carboxylic acids is 1. The SMILES string of the molecule is CC1CN(C(=O)C2CC3CC3C2)CCN1. The molecule has 1 amide bonds. The second kappa shape index (κ2) is 3.48. The van der Waals surface area contributed by atoms with Gasteiger partial charge in [-0.2, -0.15) is 0 Å². The first-order valence-corrected chi connectivity index (χ1v) is 6.26. The standard InChI is InChI=1S/C12H20N2O/c1-8-7-14(3-2-13-8)12(15)11-5-9-4-10(9)6-11/h8-11,13H,2-7H2,1H3. The van der Waals surface area contributed by atoms with Gasteiger partial charge < -0.3 is 10.2 Å². The Hall–Kier alpha value is -0.570. The fourth-order valence-corrected chi connectivity index (χ4v) is 3.31. The van der Waals surface area contributed by atoms with Crippen molar-refractivity contribution in [1.82, 2.24) is 10.2 Å². The van der Waals surface area contributed by atoms with Crippen LogP contribution >= 0.6 is 0 Å². The molecule has 2 aliphatic carbocycles. The zero-order chi connectivity index (χ0) is 10.4. The Kier molecular flexibility index (Phi) is 2.23. The summed E-state index contributed by atoms with van der Waals surface area (Å²) >= 11 is 0. The number of hydrogen-bond acceptors (Lipinski definition) is 2. The second-order valence-electron chi connectivity index (χ2n) is 5.56. The molecule has 3 fully saturated rings. The lowest BCUT2D eigenvalue weighted by atomic mass is 10.0. The lowest BCUT2D eigenvalue weighted by molar-refractivity contribution is -0.136.